The standard InChI is InChI=1S/C28H26N8O/c1-3-25(37)36-15-19(16-36)27-33-22-8-6-18(26-17(2)5-7-23-21(26)14-32-35-23)13-20(22)28(34-27)31-12-9-24-29-10-4-11-30-24/h3-8,10-11,13-14,19H,1,9,12,15-16H2,2H3,(H,32,35)(H,31,33,34). The molecule has 3 aromatic heterocycles. The summed E-state index contributed by atoms with van der Waals surface area (Å²) in [6, 6.07) is 12.3. The summed E-state index contributed by atoms with van der Waals surface area (Å²) < 4.78 is 0. The summed E-state index contributed by atoms with van der Waals surface area (Å²) in [5.74, 6) is 2.30. The van der Waals surface area contributed by atoms with Crippen molar-refractivity contribution >= 4 is 33.5 Å². The van der Waals surface area contributed by atoms with Crippen LogP contribution in [0.4, 0.5) is 5.82 Å². The van der Waals surface area contributed by atoms with Crippen LogP contribution < -0.4 is 5.32 Å². The summed E-state index contributed by atoms with van der Waals surface area (Å²) >= 11 is 0. The summed E-state index contributed by atoms with van der Waals surface area (Å²) in [6.07, 6.45) is 7.38. The molecule has 37 heavy (non-hydrogen) atoms. The molecule has 0 bridgehead atoms. The van der Waals surface area contributed by atoms with Crippen LogP contribution in [0.2, 0.25) is 0 Å². The van der Waals surface area contributed by atoms with E-state index in [1.54, 1.807) is 17.3 Å². The van der Waals surface area contributed by atoms with E-state index < -0.39 is 0 Å². The molecule has 0 saturated carbocycles. The van der Waals surface area contributed by atoms with Gasteiger partial charge in [-0.1, -0.05) is 18.7 Å². The highest BCUT2D eigenvalue weighted by atomic mass is 16.2. The van der Waals surface area contributed by atoms with Crippen molar-refractivity contribution < 1.29 is 4.79 Å². The van der Waals surface area contributed by atoms with Gasteiger partial charge in [0.1, 0.15) is 17.5 Å². The minimum Gasteiger partial charge on any atom is -0.369 e. The van der Waals surface area contributed by atoms with Crippen LogP contribution >= 0.6 is 0 Å². The fourth-order valence-electron chi connectivity index (χ4n) is 4.83. The zero-order valence-corrected chi connectivity index (χ0v) is 20.5. The molecule has 2 N–H and O–H groups in total. The SMILES string of the molecule is C=CC(=O)N1CC(c2nc(NCCc3ncccn3)c3cc(-c4c(C)ccc5[nH]ncc45)ccc3n2)C1. The van der Waals surface area contributed by atoms with E-state index in [0.29, 0.717) is 26.1 Å². The Morgan fingerprint density at radius 1 is 1.16 bits per heavy atom. The molecule has 4 heterocycles. The van der Waals surface area contributed by atoms with Gasteiger partial charge in [-0.3, -0.25) is 9.89 Å². The lowest BCUT2D eigenvalue weighted by atomic mass is 9.95. The molecular weight excluding hydrogens is 464 g/mol. The summed E-state index contributed by atoms with van der Waals surface area (Å²) in [7, 11) is 0. The largest absolute Gasteiger partial charge is 0.369 e. The number of benzene rings is 2. The molecule has 1 aliphatic heterocycles. The molecule has 9 heteroatoms. The van der Waals surface area contributed by atoms with Crippen molar-refractivity contribution in [2.45, 2.75) is 19.3 Å². The van der Waals surface area contributed by atoms with E-state index in [2.05, 4.69) is 63.3 Å². The van der Waals surface area contributed by atoms with Crippen LogP contribution in [-0.4, -0.2) is 60.6 Å². The van der Waals surface area contributed by atoms with Crippen LogP contribution in [0.5, 0.6) is 0 Å². The van der Waals surface area contributed by atoms with Gasteiger partial charge in [0.25, 0.3) is 0 Å². The van der Waals surface area contributed by atoms with Gasteiger partial charge in [-0.2, -0.15) is 5.10 Å². The Kier molecular flexibility index (Phi) is 5.80. The van der Waals surface area contributed by atoms with Gasteiger partial charge in [0.15, 0.2) is 0 Å². The predicted molar refractivity (Wildman–Crippen MR) is 143 cm³/mol. The van der Waals surface area contributed by atoms with E-state index >= 15 is 0 Å². The summed E-state index contributed by atoms with van der Waals surface area (Å²) in [5, 5.41) is 12.8. The van der Waals surface area contributed by atoms with E-state index in [1.807, 2.05) is 18.3 Å². The van der Waals surface area contributed by atoms with Gasteiger partial charge in [0, 0.05) is 49.2 Å². The highest BCUT2D eigenvalue weighted by molar-refractivity contribution is 6.00. The second kappa shape index (κ2) is 9.42. The Bertz CT molecular complexity index is 1620. The molecule has 9 nitrogen and oxygen atoms in total. The summed E-state index contributed by atoms with van der Waals surface area (Å²) in [4.78, 5) is 32.2. The summed E-state index contributed by atoms with van der Waals surface area (Å²) in [6.45, 7) is 7.50. The number of fused-ring (bicyclic) bond motifs is 2. The highest BCUT2D eigenvalue weighted by Crippen LogP contribution is 2.35. The monoisotopic (exact) mass is 490 g/mol. The van der Waals surface area contributed by atoms with Crippen molar-refractivity contribution in [3.05, 3.63) is 84.9 Å². The van der Waals surface area contributed by atoms with Crippen LogP contribution in [0.15, 0.2) is 67.6 Å². The highest BCUT2D eigenvalue weighted by Gasteiger charge is 2.33. The molecule has 1 saturated heterocycles. The molecule has 0 aliphatic carbocycles. The van der Waals surface area contributed by atoms with Gasteiger partial charge < -0.3 is 10.2 Å². The molecule has 1 amide bonds. The fourth-order valence-corrected chi connectivity index (χ4v) is 4.83. The number of hydrogen-bond donors (Lipinski definition) is 2. The van der Waals surface area contributed by atoms with Crippen LogP contribution in [0, 0.1) is 6.92 Å². The number of carbonyl (C=O) groups excluding carboxylic acids is 1. The minimum atomic E-state index is -0.0633. The van der Waals surface area contributed by atoms with Gasteiger partial charge in [0.05, 0.1) is 23.1 Å². The smallest absolute Gasteiger partial charge is 0.246 e. The number of hydrogen-bond acceptors (Lipinski definition) is 7. The first-order valence-corrected chi connectivity index (χ1v) is 12.3. The minimum absolute atomic E-state index is 0.0633. The Balaban J connectivity index is 1.38. The first-order valence-electron chi connectivity index (χ1n) is 12.3. The molecular formula is C28H26N8O. The lowest BCUT2D eigenvalue weighted by Gasteiger charge is -2.37. The first-order chi connectivity index (χ1) is 18.1. The Labute approximate surface area is 213 Å². The first kappa shape index (κ1) is 22.8. The number of amides is 1. The average molecular weight is 491 g/mol. The van der Waals surface area contributed by atoms with Crippen LogP contribution in [0.1, 0.15) is 23.1 Å². The Morgan fingerprint density at radius 2 is 2.00 bits per heavy atom. The molecule has 5 aromatic rings. The maximum Gasteiger partial charge on any atom is 0.246 e. The van der Waals surface area contributed by atoms with E-state index in [0.717, 1.165) is 50.4 Å². The van der Waals surface area contributed by atoms with Crippen LogP contribution in [-0.2, 0) is 11.2 Å². The van der Waals surface area contributed by atoms with Crippen molar-refractivity contribution in [3.63, 3.8) is 0 Å². The molecule has 184 valence electrons. The third-order valence-electron chi connectivity index (χ3n) is 6.83. The van der Waals surface area contributed by atoms with Gasteiger partial charge in [0.2, 0.25) is 5.91 Å². The van der Waals surface area contributed by atoms with Crippen molar-refractivity contribution in [1.29, 1.82) is 0 Å². The molecule has 2 aromatic carbocycles. The Hall–Kier alpha value is -4.66. The third-order valence-corrected chi connectivity index (χ3v) is 6.83. The molecule has 0 spiro atoms. The zero-order valence-electron chi connectivity index (χ0n) is 20.5. The molecule has 6 rings (SSSR count). The second-order valence-corrected chi connectivity index (χ2v) is 9.24. The van der Waals surface area contributed by atoms with E-state index in [-0.39, 0.29) is 11.8 Å². The number of carbonyl (C=O) groups is 1. The topological polar surface area (TPSA) is 113 Å². The average Bonchev–Trinajstić information content (AvgIpc) is 3.37. The normalized spacial score (nSPS) is 13.6. The van der Waals surface area contributed by atoms with Gasteiger partial charge in [-0.15, -0.1) is 0 Å². The zero-order chi connectivity index (χ0) is 25.4. The van der Waals surface area contributed by atoms with Crippen molar-refractivity contribution in [2.75, 3.05) is 25.0 Å². The lowest BCUT2D eigenvalue weighted by molar-refractivity contribution is -0.130. The van der Waals surface area contributed by atoms with E-state index in [1.165, 1.54) is 11.6 Å². The molecule has 0 unspecified atom stereocenters. The summed E-state index contributed by atoms with van der Waals surface area (Å²) in [5.41, 5.74) is 5.24. The predicted octanol–water partition coefficient (Wildman–Crippen LogP) is 4.04. The molecule has 0 radical (unpaired) electrons. The van der Waals surface area contributed by atoms with Crippen LogP contribution in [0.3, 0.4) is 0 Å². The molecule has 1 fully saturated rings. The molecule has 1 aliphatic rings. The Morgan fingerprint density at radius 3 is 2.81 bits per heavy atom. The maximum absolute atomic E-state index is 11.9. The number of nitrogens with one attached hydrogen (secondary N) is 2. The second-order valence-electron chi connectivity index (χ2n) is 9.24. The lowest BCUT2D eigenvalue weighted by Crippen LogP contribution is -2.48. The maximum atomic E-state index is 11.9. The number of rotatable bonds is 7. The van der Waals surface area contributed by atoms with Gasteiger partial charge in [-0.25, -0.2) is 19.9 Å². The van der Waals surface area contributed by atoms with Crippen LogP contribution in [0.25, 0.3) is 32.9 Å². The fraction of sp³-hybridized carbons (Fsp3) is 0.214. The number of nitrogens with zero attached hydrogens (tertiary/aromatic N) is 6. The van der Waals surface area contributed by atoms with Gasteiger partial charge >= 0.3 is 0 Å². The quantitative estimate of drug-likeness (QED) is 0.331. The van der Waals surface area contributed by atoms with Crippen molar-refractivity contribution in [2.24, 2.45) is 0 Å². The third kappa shape index (κ3) is 4.29. The van der Waals surface area contributed by atoms with E-state index in [4.69, 9.17) is 9.97 Å². The van der Waals surface area contributed by atoms with Crippen molar-refractivity contribution in [3.8, 4) is 11.1 Å². The number of H-pyrrole nitrogens is 1. The van der Waals surface area contributed by atoms with E-state index in [9.17, 15) is 4.79 Å². The van der Waals surface area contributed by atoms with Crippen molar-refractivity contribution in [1.82, 2.24) is 35.0 Å². The number of aromatic amines is 1. The number of likely N-dealkylation sites (tertiary alicyclic amines) is 1. The van der Waals surface area contributed by atoms with Gasteiger partial charge in [-0.05, 0) is 54.0 Å². The number of aryl methyl sites for hydroxylation is 1. The number of aromatic nitrogens is 6. The molecule has 0 atom stereocenters. The number of anilines is 1.